The van der Waals surface area contributed by atoms with Crippen molar-refractivity contribution < 1.29 is 28.9 Å². The van der Waals surface area contributed by atoms with E-state index in [4.69, 9.17) is 18.6 Å². The van der Waals surface area contributed by atoms with Gasteiger partial charge in [-0.1, -0.05) is 18.2 Å². The number of rotatable bonds is 0. The highest BCUT2D eigenvalue weighted by atomic mass is 35.7. The minimum atomic E-state index is -4.94. The predicted octanol–water partition coefficient (Wildman–Crippen LogP) is -0.359. The fourth-order valence-corrected chi connectivity index (χ4v) is 3.52. The van der Waals surface area contributed by atoms with Crippen molar-refractivity contribution in [2.24, 2.45) is 0 Å². The number of thiophene rings is 1. The van der Waals surface area contributed by atoms with Gasteiger partial charge in [-0.15, -0.1) is 10.2 Å². The SMILES string of the molecule is [O-][Cl+3]([O-])([O-])[O-].c1ccc2[s+]c3sccc3cc2c1. The van der Waals surface area contributed by atoms with Crippen LogP contribution in [0.15, 0.2) is 41.8 Å². The summed E-state index contributed by atoms with van der Waals surface area (Å²) in [5, 5.41) is 4.87. The third-order valence-corrected chi connectivity index (χ3v) is 4.36. The van der Waals surface area contributed by atoms with Crippen LogP contribution in [-0.2, 0) is 0 Å². The Hall–Kier alpha value is -0.860. The van der Waals surface area contributed by atoms with Gasteiger partial charge in [0.1, 0.15) is 4.70 Å². The lowest BCUT2D eigenvalue weighted by molar-refractivity contribution is -2.00. The van der Waals surface area contributed by atoms with Crippen LogP contribution < -0.4 is 18.6 Å². The Kier molecular flexibility index (Phi) is 4.08. The van der Waals surface area contributed by atoms with E-state index in [9.17, 15) is 0 Å². The van der Waals surface area contributed by atoms with Crippen molar-refractivity contribution >= 4 is 42.2 Å². The van der Waals surface area contributed by atoms with Gasteiger partial charge < -0.3 is 0 Å². The Balaban J connectivity index is 0.000000209. The minimum absolute atomic E-state index is 1.35. The van der Waals surface area contributed by atoms with E-state index < -0.39 is 10.2 Å². The molecular formula is C11H7ClO4S2. The monoisotopic (exact) mass is 302 g/mol. The smallest absolute Gasteiger partial charge is 0.222 e. The minimum Gasteiger partial charge on any atom is -0.222 e. The Morgan fingerprint density at radius 3 is 2.33 bits per heavy atom. The quantitative estimate of drug-likeness (QED) is 0.530. The molecule has 3 rings (SSSR count). The van der Waals surface area contributed by atoms with Crippen LogP contribution in [0, 0.1) is 10.2 Å². The van der Waals surface area contributed by atoms with Gasteiger partial charge in [0.25, 0.3) is 4.01 Å². The molecular weight excluding hydrogens is 296 g/mol. The first-order valence-corrected chi connectivity index (χ1v) is 7.67. The topological polar surface area (TPSA) is 92.2 Å². The van der Waals surface area contributed by atoms with Crippen LogP contribution in [0.5, 0.6) is 0 Å². The molecule has 0 aliphatic heterocycles. The summed E-state index contributed by atoms with van der Waals surface area (Å²) < 4.78 is 36.8. The maximum Gasteiger partial charge on any atom is 0.285 e. The second kappa shape index (κ2) is 5.41. The summed E-state index contributed by atoms with van der Waals surface area (Å²) in [7, 11) is -4.94. The third kappa shape index (κ3) is 3.82. The highest BCUT2D eigenvalue weighted by molar-refractivity contribution is 7.40. The Morgan fingerprint density at radius 1 is 0.944 bits per heavy atom. The summed E-state index contributed by atoms with van der Waals surface area (Å²) in [6.45, 7) is 0. The average molecular weight is 303 g/mol. The number of halogens is 1. The van der Waals surface area contributed by atoms with Gasteiger partial charge in [-0.2, -0.15) is 0 Å². The molecule has 0 saturated carbocycles. The van der Waals surface area contributed by atoms with Crippen LogP contribution in [0.2, 0.25) is 0 Å². The van der Waals surface area contributed by atoms with E-state index in [1.54, 1.807) is 0 Å². The molecule has 2 heterocycles. The Bertz CT molecular complexity index is 607. The summed E-state index contributed by atoms with van der Waals surface area (Å²) in [4.78, 5) is 0. The summed E-state index contributed by atoms with van der Waals surface area (Å²) in [5.41, 5.74) is 0. The Morgan fingerprint density at radius 2 is 1.61 bits per heavy atom. The van der Waals surface area contributed by atoms with Crippen molar-refractivity contribution in [2.75, 3.05) is 0 Å². The Labute approximate surface area is 113 Å². The van der Waals surface area contributed by atoms with Crippen LogP contribution in [0.25, 0.3) is 19.5 Å². The van der Waals surface area contributed by atoms with E-state index in [1.165, 1.54) is 19.5 Å². The molecule has 0 saturated heterocycles. The van der Waals surface area contributed by atoms with Crippen molar-refractivity contribution in [1.82, 2.24) is 0 Å². The average Bonchev–Trinajstić information content (AvgIpc) is 2.70. The normalized spacial score (nSPS) is 11.3. The zero-order chi connectivity index (χ0) is 13.2. The summed E-state index contributed by atoms with van der Waals surface area (Å²) >= 11 is 3.70. The number of hydrogen-bond acceptors (Lipinski definition) is 5. The van der Waals surface area contributed by atoms with Crippen molar-refractivity contribution in [3.05, 3.63) is 41.8 Å². The number of hydrogen-bond donors (Lipinski definition) is 0. The molecule has 0 amide bonds. The van der Waals surface area contributed by atoms with Gasteiger partial charge in [0.05, 0.1) is 33.4 Å². The first-order valence-electron chi connectivity index (χ1n) is 4.74. The zero-order valence-electron chi connectivity index (χ0n) is 8.87. The first kappa shape index (κ1) is 13.6. The lowest BCUT2D eigenvalue weighted by Gasteiger charge is -2.17. The molecule has 2 aromatic heterocycles. The first-order chi connectivity index (χ1) is 8.43. The third-order valence-electron chi connectivity index (χ3n) is 2.09. The molecule has 0 aliphatic rings. The van der Waals surface area contributed by atoms with Crippen LogP contribution in [0.3, 0.4) is 0 Å². The molecule has 0 aliphatic carbocycles. The standard InChI is InChI=1S/C11H7S2.ClHO4/c1-2-4-10-8(3-1)7-9-5-6-12-11(9)13-10;2-1(3,4)5/h1-7H;(H,2,3,4,5)/q+1;/p-1. The summed E-state index contributed by atoms with van der Waals surface area (Å²) in [6.07, 6.45) is 0. The maximum absolute atomic E-state index is 8.49. The predicted molar refractivity (Wildman–Crippen MR) is 61.6 cm³/mol. The lowest BCUT2D eigenvalue weighted by atomic mass is 10.2. The van der Waals surface area contributed by atoms with Crippen molar-refractivity contribution in [3.8, 4) is 0 Å². The maximum atomic E-state index is 8.49. The van der Waals surface area contributed by atoms with E-state index in [0.717, 1.165) is 0 Å². The van der Waals surface area contributed by atoms with Crippen LogP contribution in [0.1, 0.15) is 0 Å². The molecule has 0 spiro atoms. The van der Waals surface area contributed by atoms with Gasteiger partial charge >= 0.3 is 0 Å². The molecule has 18 heavy (non-hydrogen) atoms. The molecule has 7 heteroatoms. The molecule has 0 fully saturated rings. The van der Waals surface area contributed by atoms with Gasteiger partial charge in [-0.05, 0) is 18.2 Å². The highest BCUT2D eigenvalue weighted by Crippen LogP contribution is 2.31. The van der Waals surface area contributed by atoms with E-state index in [0.29, 0.717) is 0 Å². The molecule has 3 aromatic rings. The number of benzene rings is 1. The van der Waals surface area contributed by atoms with E-state index in [2.05, 4.69) is 41.8 Å². The molecule has 94 valence electrons. The van der Waals surface area contributed by atoms with Crippen LogP contribution >= 0.6 is 22.7 Å². The summed E-state index contributed by atoms with van der Waals surface area (Å²) in [6, 6.07) is 13.0. The van der Waals surface area contributed by atoms with Gasteiger partial charge in [-0.25, -0.2) is 18.6 Å². The van der Waals surface area contributed by atoms with E-state index >= 15 is 0 Å². The molecule has 0 radical (unpaired) electrons. The fraction of sp³-hybridized carbons (Fsp3) is 0. The lowest BCUT2D eigenvalue weighted by Crippen LogP contribution is -2.68. The van der Waals surface area contributed by atoms with Crippen molar-refractivity contribution in [2.45, 2.75) is 0 Å². The molecule has 0 bridgehead atoms. The molecule has 0 unspecified atom stereocenters. The van der Waals surface area contributed by atoms with Crippen molar-refractivity contribution in [1.29, 1.82) is 0 Å². The van der Waals surface area contributed by atoms with Gasteiger partial charge in [-0.3, -0.25) is 0 Å². The second-order valence-corrected chi connectivity index (χ2v) is 6.31. The fourth-order valence-electron chi connectivity index (χ4n) is 1.46. The zero-order valence-corrected chi connectivity index (χ0v) is 11.3. The van der Waals surface area contributed by atoms with Gasteiger partial charge in [0.2, 0.25) is 0 Å². The molecule has 1 aromatic carbocycles. The largest absolute Gasteiger partial charge is 0.285 e. The molecule has 0 N–H and O–H groups in total. The van der Waals surface area contributed by atoms with Gasteiger partial charge in [0.15, 0.2) is 0 Å². The summed E-state index contributed by atoms with van der Waals surface area (Å²) in [5.74, 6) is 0. The van der Waals surface area contributed by atoms with Gasteiger partial charge in [0, 0.05) is 5.39 Å². The molecule has 0 atom stereocenters. The molecule has 4 nitrogen and oxygen atoms in total. The highest BCUT2D eigenvalue weighted by Gasteiger charge is 2.08. The van der Waals surface area contributed by atoms with E-state index in [1.807, 2.05) is 22.7 Å². The number of fused-ring (bicyclic) bond motifs is 2. The van der Waals surface area contributed by atoms with E-state index in [-0.39, 0.29) is 0 Å². The second-order valence-electron chi connectivity index (χ2n) is 3.33. The van der Waals surface area contributed by atoms with Crippen LogP contribution in [-0.4, -0.2) is 0 Å². The van der Waals surface area contributed by atoms with Crippen LogP contribution in [0.4, 0.5) is 0 Å². The van der Waals surface area contributed by atoms with Crippen molar-refractivity contribution in [3.63, 3.8) is 0 Å².